The Balaban J connectivity index is 0.00000208. The quantitative estimate of drug-likeness (QED) is 0.752. The number of rotatable bonds is 4. The number of hydrogen-bond acceptors (Lipinski definition) is 1. The predicted molar refractivity (Wildman–Crippen MR) is 90.9 cm³/mol. The van der Waals surface area contributed by atoms with Crippen molar-refractivity contribution in [1.29, 1.82) is 0 Å². The van der Waals surface area contributed by atoms with Crippen molar-refractivity contribution in [2.75, 3.05) is 25.0 Å². The summed E-state index contributed by atoms with van der Waals surface area (Å²) in [6.45, 7) is 9.19. The predicted octanol–water partition coefficient (Wildman–Crippen LogP) is 3.93. The summed E-state index contributed by atoms with van der Waals surface area (Å²) in [6.07, 6.45) is 5.53. The standard InChI is InChI=1S/C19H27FN2O.Y/c1-4-22(10-5-6-11-22)19(8-7-9-19)18(23)21-17-14(2)12-16(20)13-15(17)3;/h12-13H,4-11H2,1-3H3;/p+1. The van der Waals surface area contributed by atoms with Crippen molar-refractivity contribution in [3.8, 4) is 0 Å². The second-order valence-corrected chi connectivity index (χ2v) is 7.37. The van der Waals surface area contributed by atoms with E-state index in [4.69, 9.17) is 0 Å². The van der Waals surface area contributed by atoms with Gasteiger partial charge in [0.1, 0.15) is 5.82 Å². The summed E-state index contributed by atoms with van der Waals surface area (Å²) in [4.78, 5) is 13.2. The molecule has 0 atom stereocenters. The van der Waals surface area contributed by atoms with Crippen molar-refractivity contribution in [1.82, 2.24) is 0 Å². The van der Waals surface area contributed by atoms with Crippen LogP contribution in [0.5, 0.6) is 0 Å². The fourth-order valence-corrected chi connectivity index (χ4v) is 4.75. The monoisotopic (exact) mass is 408 g/mol. The number of hydrogen-bond donors (Lipinski definition) is 1. The van der Waals surface area contributed by atoms with Crippen LogP contribution in [0.3, 0.4) is 0 Å². The van der Waals surface area contributed by atoms with Crippen LogP contribution in [0, 0.1) is 19.7 Å². The van der Waals surface area contributed by atoms with Crippen LogP contribution >= 0.6 is 0 Å². The summed E-state index contributed by atoms with van der Waals surface area (Å²) in [7, 11) is 0. The van der Waals surface area contributed by atoms with Crippen molar-refractivity contribution in [3.05, 3.63) is 29.1 Å². The number of likely N-dealkylation sites (tertiary alicyclic amines) is 1. The first kappa shape index (κ1) is 20.0. The molecule has 1 aliphatic carbocycles. The van der Waals surface area contributed by atoms with E-state index in [2.05, 4.69) is 12.2 Å². The molecule has 1 saturated heterocycles. The van der Waals surface area contributed by atoms with Gasteiger partial charge in [-0.1, -0.05) is 0 Å². The average Bonchev–Trinajstić information content (AvgIpc) is 2.91. The minimum atomic E-state index is -0.265. The van der Waals surface area contributed by atoms with Crippen LogP contribution < -0.4 is 5.32 Å². The normalized spacial score (nSPS) is 20.8. The first-order chi connectivity index (χ1) is 10.9. The fourth-order valence-electron chi connectivity index (χ4n) is 4.75. The van der Waals surface area contributed by atoms with E-state index in [-0.39, 0.29) is 50.0 Å². The summed E-state index contributed by atoms with van der Waals surface area (Å²) in [6, 6.07) is 2.99. The van der Waals surface area contributed by atoms with Gasteiger partial charge < -0.3 is 9.80 Å². The van der Waals surface area contributed by atoms with Crippen molar-refractivity contribution in [3.63, 3.8) is 0 Å². The molecule has 129 valence electrons. The molecular formula is C19H28FN2OY+. The summed E-state index contributed by atoms with van der Waals surface area (Å²) in [5.41, 5.74) is 2.12. The molecule has 0 bridgehead atoms. The van der Waals surface area contributed by atoms with Gasteiger partial charge in [-0.15, -0.1) is 0 Å². The molecule has 3 rings (SSSR count). The van der Waals surface area contributed by atoms with Crippen LogP contribution in [0.2, 0.25) is 0 Å². The first-order valence-electron chi connectivity index (χ1n) is 8.88. The smallest absolute Gasteiger partial charge is 0.285 e. The maximum atomic E-state index is 13.5. The van der Waals surface area contributed by atoms with Crippen LogP contribution in [0.15, 0.2) is 12.1 Å². The Bertz CT molecular complexity index is 599. The Morgan fingerprint density at radius 3 is 2.12 bits per heavy atom. The third-order valence-corrected chi connectivity index (χ3v) is 6.27. The number of nitrogens with zero attached hydrogens (tertiary/aromatic N) is 1. The van der Waals surface area contributed by atoms with Crippen molar-refractivity contribution < 1.29 is 46.4 Å². The van der Waals surface area contributed by atoms with E-state index < -0.39 is 0 Å². The number of aryl methyl sites for hydroxylation is 2. The Hall–Kier alpha value is -0.316. The molecule has 24 heavy (non-hydrogen) atoms. The summed E-state index contributed by atoms with van der Waals surface area (Å²) < 4.78 is 14.4. The minimum absolute atomic E-state index is 0. The fraction of sp³-hybridized carbons (Fsp3) is 0.632. The third-order valence-electron chi connectivity index (χ3n) is 6.27. The molecule has 1 N–H and O–H groups in total. The van der Waals surface area contributed by atoms with Gasteiger partial charge in [0.2, 0.25) is 0 Å². The molecule has 0 aromatic heterocycles. The van der Waals surface area contributed by atoms with Gasteiger partial charge in [-0.2, -0.15) is 0 Å². The summed E-state index contributed by atoms with van der Waals surface area (Å²) in [5.74, 6) is -0.0988. The second-order valence-electron chi connectivity index (χ2n) is 7.37. The van der Waals surface area contributed by atoms with Gasteiger partial charge in [0.15, 0.2) is 5.54 Å². The van der Waals surface area contributed by atoms with E-state index in [1.807, 2.05) is 13.8 Å². The van der Waals surface area contributed by atoms with E-state index in [1.54, 1.807) is 0 Å². The number of amides is 1. The molecule has 2 fully saturated rings. The number of quaternary nitrogens is 1. The van der Waals surface area contributed by atoms with Crippen LogP contribution in [0.25, 0.3) is 0 Å². The maximum Gasteiger partial charge on any atom is 0.285 e. The van der Waals surface area contributed by atoms with Crippen molar-refractivity contribution in [2.45, 2.75) is 58.4 Å². The molecule has 1 aromatic rings. The molecule has 1 radical (unpaired) electrons. The molecule has 1 saturated carbocycles. The molecule has 0 spiro atoms. The van der Waals surface area contributed by atoms with Gasteiger partial charge in [0.05, 0.1) is 19.6 Å². The van der Waals surface area contributed by atoms with Gasteiger partial charge in [-0.25, -0.2) is 4.39 Å². The Labute approximate surface area is 169 Å². The number of nitrogens with one attached hydrogen (secondary N) is 1. The van der Waals surface area contributed by atoms with Gasteiger partial charge in [0.25, 0.3) is 5.91 Å². The summed E-state index contributed by atoms with van der Waals surface area (Å²) in [5, 5.41) is 3.16. The first-order valence-corrected chi connectivity index (χ1v) is 8.88. The molecule has 0 unspecified atom stereocenters. The molecule has 5 heteroatoms. The topological polar surface area (TPSA) is 29.1 Å². The second kappa shape index (κ2) is 7.51. The van der Waals surface area contributed by atoms with Crippen LogP contribution in [0.1, 0.15) is 50.2 Å². The number of anilines is 1. The Morgan fingerprint density at radius 2 is 1.71 bits per heavy atom. The molecule has 1 aromatic carbocycles. The van der Waals surface area contributed by atoms with E-state index in [1.165, 1.54) is 25.0 Å². The van der Waals surface area contributed by atoms with Crippen molar-refractivity contribution >= 4 is 11.6 Å². The van der Waals surface area contributed by atoms with Crippen LogP contribution in [0.4, 0.5) is 10.1 Å². The molecule has 1 heterocycles. The van der Waals surface area contributed by atoms with Gasteiger partial charge in [-0.3, -0.25) is 4.79 Å². The summed E-state index contributed by atoms with van der Waals surface area (Å²) >= 11 is 0. The molecule has 3 nitrogen and oxygen atoms in total. The van der Waals surface area contributed by atoms with E-state index in [9.17, 15) is 9.18 Å². The maximum absolute atomic E-state index is 13.5. The zero-order chi connectivity index (χ0) is 16.7. The number of benzene rings is 1. The largest absolute Gasteiger partial charge is 0.320 e. The van der Waals surface area contributed by atoms with E-state index in [0.29, 0.717) is 0 Å². The van der Waals surface area contributed by atoms with E-state index >= 15 is 0 Å². The zero-order valence-electron chi connectivity index (χ0n) is 15.1. The zero-order valence-corrected chi connectivity index (χ0v) is 18.0. The number of carbonyl (C=O) groups is 1. The average molecular weight is 408 g/mol. The number of halogens is 1. The molecule has 1 amide bonds. The Kier molecular flexibility index (Phi) is 6.26. The molecular weight excluding hydrogens is 380 g/mol. The Morgan fingerprint density at radius 1 is 1.17 bits per heavy atom. The van der Waals surface area contributed by atoms with Crippen LogP contribution in [-0.2, 0) is 37.5 Å². The number of likely N-dealkylation sites (N-methyl/N-ethyl adjacent to an activating group) is 1. The third kappa shape index (κ3) is 3.10. The molecule has 1 aliphatic heterocycles. The van der Waals surface area contributed by atoms with Gasteiger partial charge in [-0.05, 0) is 50.5 Å². The minimum Gasteiger partial charge on any atom is -0.320 e. The SMILES string of the molecule is CC[N+]1(C2(C(=O)Nc3c(C)cc(F)cc3C)CCC2)CCCC1.[Y]. The molecule has 2 aliphatic rings. The van der Waals surface area contributed by atoms with Gasteiger partial charge in [0, 0.05) is 64.1 Å². The number of carbonyl (C=O) groups excluding carboxylic acids is 1. The van der Waals surface area contributed by atoms with Gasteiger partial charge >= 0.3 is 0 Å². The van der Waals surface area contributed by atoms with E-state index in [0.717, 1.165) is 60.2 Å². The van der Waals surface area contributed by atoms with Crippen LogP contribution in [-0.4, -0.2) is 35.6 Å². The van der Waals surface area contributed by atoms with Crippen molar-refractivity contribution in [2.24, 2.45) is 0 Å².